The van der Waals surface area contributed by atoms with Gasteiger partial charge in [-0.25, -0.2) is 0 Å². The monoisotopic (exact) mass is 181 g/mol. The van der Waals surface area contributed by atoms with Gasteiger partial charge in [-0.05, 0) is 39.0 Å². The van der Waals surface area contributed by atoms with Gasteiger partial charge in [0.1, 0.15) is 0 Å². The summed E-state index contributed by atoms with van der Waals surface area (Å²) in [5, 5.41) is 10.2. The molecule has 0 aromatic heterocycles. The van der Waals surface area contributed by atoms with E-state index in [-0.39, 0.29) is 4.92 Å². The smallest absolute Gasteiger partial charge is 0.233 e. The average molecular weight is 181 g/mol. The van der Waals surface area contributed by atoms with Crippen LogP contribution < -0.4 is 0 Å². The van der Waals surface area contributed by atoms with E-state index in [2.05, 4.69) is 13.0 Å². The molecule has 72 valence electrons. The Morgan fingerprint density at radius 3 is 2.92 bits per heavy atom. The molecular formula is C10H15NO2. The van der Waals surface area contributed by atoms with Crippen molar-refractivity contribution in [2.75, 3.05) is 0 Å². The molecule has 0 heterocycles. The van der Waals surface area contributed by atoms with Gasteiger partial charge in [0.25, 0.3) is 0 Å². The van der Waals surface area contributed by atoms with Gasteiger partial charge in [0, 0.05) is 5.57 Å². The van der Waals surface area contributed by atoms with Crippen LogP contribution in [0.2, 0.25) is 0 Å². The molecule has 0 spiro atoms. The zero-order chi connectivity index (χ0) is 9.84. The van der Waals surface area contributed by atoms with Crippen LogP contribution in [0.1, 0.15) is 33.1 Å². The van der Waals surface area contributed by atoms with E-state index in [1.54, 1.807) is 0 Å². The second kappa shape index (κ2) is 4.21. The standard InChI is InChI=1S/C10H15NO2/c1-8-3-5-10(6-4-8)9(2)7-11(12)13/h3,7,10H,4-6H2,1-2H3/b9-7+/t10-/m1/s1. The van der Waals surface area contributed by atoms with Crippen LogP contribution >= 0.6 is 0 Å². The first-order valence-corrected chi connectivity index (χ1v) is 4.57. The highest BCUT2D eigenvalue weighted by Gasteiger charge is 2.15. The summed E-state index contributed by atoms with van der Waals surface area (Å²) >= 11 is 0. The Labute approximate surface area is 78.3 Å². The Morgan fingerprint density at radius 1 is 1.77 bits per heavy atom. The van der Waals surface area contributed by atoms with Crippen LogP contribution in [-0.2, 0) is 0 Å². The second-order valence-electron chi connectivity index (χ2n) is 3.68. The molecule has 3 heteroatoms. The minimum absolute atomic E-state index is 0.361. The number of nitro groups is 1. The summed E-state index contributed by atoms with van der Waals surface area (Å²) in [6.07, 6.45) is 6.42. The van der Waals surface area contributed by atoms with E-state index in [0.717, 1.165) is 31.0 Å². The first-order chi connectivity index (χ1) is 6.09. The highest BCUT2D eigenvalue weighted by Crippen LogP contribution is 2.28. The minimum atomic E-state index is -0.361. The lowest BCUT2D eigenvalue weighted by Gasteiger charge is -2.19. The Hall–Kier alpha value is -1.12. The van der Waals surface area contributed by atoms with Crippen molar-refractivity contribution in [3.63, 3.8) is 0 Å². The van der Waals surface area contributed by atoms with Gasteiger partial charge in [-0.3, -0.25) is 10.1 Å². The van der Waals surface area contributed by atoms with Gasteiger partial charge < -0.3 is 0 Å². The molecular weight excluding hydrogens is 166 g/mol. The Kier molecular flexibility index (Phi) is 3.23. The highest BCUT2D eigenvalue weighted by atomic mass is 16.6. The molecule has 0 unspecified atom stereocenters. The topological polar surface area (TPSA) is 43.1 Å². The van der Waals surface area contributed by atoms with E-state index < -0.39 is 0 Å². The molecule has 0 saturated heterocycles. The van der Waals surface area contributed by atoms with Gasteiger partial charge >= 0.3 is 0 Å². The van der Waals surface area contributed by atoms with E-state index in [4.69, 9.17) is 0 Å². The van der Waals surface area contributed by atoms with Gasteiger partial charge in [0.15, 0.2) is 0 Å². The quantitative estimate of drug-likeness (QED) is 0.373. The van der Waals surface area contributed by atoms with Gasteiger partial charge in [-0.15, -0.1) is 0 Å². The van der Waals surface area contributed by atoms with Gasteiger partial charge in [0.05, 0.1) is 4.92 Å². The molecule has 0 aliphatic heterocycles. The third kappa shape index (κ3) is 3.01. The van der Waals surface area contributed by atoms with Crippen LogP contribution in [0, 0.1) is 16.0 Å². The Balaban J connectivity index is 2.60. The Morgan fingerprint density at radius 2 is 2.46 bits per heavy atom. The van der Waals surface area contributed by atoms with Crippen LogP contribution in [0.3, 0.4) is 0 Å². The number of allylic oxidation sites excluding steroid dienone is 3. The van der Waals surface area contributed by atoms with Crippen molar-refractivity contribution >= 4 is 0 Å². The van der Waals surface area contributed by atoms with Crippen molar-refractivity contribution in [3.05, 3.63) is 33.5 Å². The molecule has 1 aliphatic carbocycles. The van der Waals surface area contributed by atoms with Gasteiger partial charge in [0.2, 0.25) is 6.20 Å². The molecule has 0 fully saturated rings. The third-order valence-electron chi connectivity index (χ3n) is 2.59. The van der Waals surface area contributed by atoms with Crippen LogP contribution in [-0.4, -0.2) is 4.92 Å². The molecule has 0 saturated carbocycles. The second-order valence-corrected chi connectivity index (χ2v) is 3.68. The SMILES string of the molecule is CC1=CC[C@@H](/C(C)=C/[N+](=O)[O-])CC1. The maximum absolute atomic E-state index is 10.2. The summed E-state index contributed by atoms with van der Waals surface area (Å²) in [6, 6.07) is 0. The summed E-state index contributed by atoms with van der Waals surface area (Å²) < 4.78 is 0. The van der Waals surface area contributed by atoms with E-state index in [0.29, 0.717) is 5.92 Å². The lowest BCUT2D eigenvalue weighted by molar-refractivity contribution is -0.403. The first kappa shape index (κ1) is 9.96. The largest absolute Gasteiger partial charge is 0.259 e. The minimum Gasteiger partial charge on any atom is -0.259 e. The molecule has 13 heavy (non-hydrogen) atoms. The lowest BCUT2D eigenvalue weighted by atomic mass is 9.86. The van der Waals surface area contributed by atoms with Crippen molar-refractivity contribution < 1.29 is 4.92 Å². The average Bonchev–Trinajstić information content (AvgIpc) is 2.04. The predicted octanol–water partition coefficient (Wildman–Crippen LogP) is 2.91. The first-order valence-electron chi connectivity index (χ1n) is 4.57. The highest BCUT2D eigenvalue weighted by molar-refractivity contribution is 5.10. The molecule has 0 amide bonds. The van der Waals surface area contributed by atoms with Crippen molar-refractivity contribution in [2.24, 2.45) is 5.92 Å². The fourth-order valence-corrected chi connectivity index (χ4v) is 1.65. The summed E-state index contributed by atoms with van der Waals surface area (Å²) in [5.74, 6) is 0.383. The van der Waals surface area contributed by atoms with Crippen molar-refractivity contribution in [2.45, 2.75) is 33.1 Å². The predicted molar refractivity (Wildman–Crippen MR) is 51.8 cm³/mol. The van der Waals surface area contributed by atoms with E-state index in [1.807, 2.05) is 6.92 Å². The summed E-state index contributed by atoms with van der Waals surface area (Å²) in [6.45, 7) is 3.96. The van der Waals surface area contributed by atoms with Crippen LogP contribution in [0.15, 0.2) is 23.4 Å². The molecule has 0 bridgehead atoms. The molecule has 0 radical (unpaired) electrons. The summed E-state index contributed by atoms with van der Waals surface area (Å²) in [7, 11) is 0. The van der Waals surface area contributed by atoms with Crippen LogP contribution in [0.25, 0.3) is 0 Å². The number of nitrogens with zero attached hydrogens (tertiary/aromatic N) is 1. The third-order valence-corrected chi connectivity index (χ3v) is 2.59. The maximum Gasteiger partial charge on any atom is 0.233 e. The molecule has 1 atom stereocenters. The van der Waals surface area contributed by atoms with E-state index in [1.165, 1.54) is 5.57 Å². The number of hydrogen-bond acceptors (Lipinski definition) is 2. The van der Waals surface area contributed by atoms with Crippen LogP contribution in [0.4, 0.5) is 0 Å². The summed E-state index contributed by atoms with van der Waals surface area (Å²) in [5.41, 5.74) is 2.30. The molecule has 0 aromatic rings. The van der Waals surface area contributed by atoms with Crippen molar-refractivity contribution in [3.8, 4) is 0 Å². The lowest BCUT2D eigenvalue weighted by Crippen LogP contribution is -2.07. The molecule has 3 nitrogen and oxygen atoms in total. The molecule has 1 aliphatic rings. The van der Waals surface area contributed by atoms with Crippen LogP contribution in [0.5, 0.6) is 0 Å². The number of rotatable bonds is 2. The summed E-state index contributed by atoms with van der Waals surface area (Å²) in [4.78, 5) is 9.87. The zero-order valence-corrected chi connectivity index (χ0v) is 8.12. The van der Waals surface area contributed by atoms with E-state index >= 15 is 0 Å². The normalized spacial score (nSPS) is 24.0. The fourth-order valence-electron chi connectivity index (χ4n) is 1.65. The Bertz CT molecular complexity index is 266. The van der Waals surface area contributed by atoms with Gasteiger partial charge in [-0.2, -0.15) is 0 Å². The zero-order valence-electron chi connectivity index (χ0n) is 8.12. The molecule has 0 N–H and O–H groups in total. The molecule has 0 aromatic carbocycles. The molecule has 1 rings (SSSR count). The van der Waals surface area contributed by atoms with E-state index in [9.17, 15) is 10.1 Å². The maximum atomic E-state index is 10.2. The van der Waals surface area contributed by atoms with Crippen molar-refractivity contribution in [1.29, 1.82) is 0 Å². The number of hydrogen-bond donors (Lipinski definition) is 0. The fraction of sp³-hybridized carbons (Fsp3) is 0.600. The van der Waals surface area contributed by atoms with Gasteiger partial charge in [-0.1, -0.05) is 11.6 Å². The van der Waals surface area contributed by atoms with Crippen molar-refractivity contribution in [1.82, 2.24) is 0 Å².